The minimum Gasteiger partial charge on any atom is -0.497 e. The van der Waals surface area contributed by atoms with Crippen molar-refractivity contribution in [2.24, 2.45) is 5.92 Å². The Labute approximate surface area is 121 Å². The van der Waals surface area contributed by atoms with Crippen molar-refractivity contribution in [1.82, 2.24) is 0 Å². The second-order valence-corrected chi connectivity index (χ2v) is 4.89. The fraction of sp³-hybridized carbons (Fsp3) is 0.357. The van der Waals surface area contributed by atoms with Crippen molar-refractivity contribution >= 4 is 23.5 Å². The topological polar surface area (TPSA) is 90.9 Å². The van der Waals surface area contributed by atoms with Crippen LogP contribution in [0.4, 0.5) is 5.69 Å². The van der Waals surface area contributed by atoms with Gasteiger partial charge in [0.1, 0.15) is 5.75 Å². The fourth-order valence-corrected chi connectivity index (χ4v) is 1.82. The van der Waals surface area contributed by atoms with Crippen LogP contribution in [0.1, 0.15) is 13.8 Å². The molecule has 0 bridgehead atoms. The zero-order valence-electron chi connectivity index (χ0n) is 11.8. The van der Waals surface area contributed by atoms with Crippen LogP contribution in [0.2, 0.25) is 0 Å². The summed E-state index contributed by atoms with van der Waals surface area (Å²) >= 11 is 0. The molecule has 7 nitrogen and oxygen atoms in total. The minimum atomic E-state index is -1.62. The molecule has 0 unspecified atom stereocenters. The summed E-state index contributed by atoms with van der Waals surface area (Å²) in [5.74, 6) is -5.02. The number of ether oxygens (including phenoxy) is 3. The zero-order valence-corrected chi connectivity index (χ0v) is 11.8. The summed E-state index contributed by atoms with van der Waals surface area (Å²) in [4.78, 5) is 35.5. The maximum atomic E-state index is 12.0. The molecule has 0 saturated carbocycles. The normalized spacial score (nSPS) is 17.7. The molecular weight excluding hydrogens is 278 g/mol. The Bertz CT molecular complexity index is 558. The number of amides is 1. The van der Waals surface area contributed by atoms with Crippen LogP contribution in [0, 0.1) is 5.92 Å². The van der Waals surface area contributed by atoms with Crippen LogP contribution in [0.3, 0.4) is 0 Å². The van der Waals surface area contributed by atoms with E-state index in [1.165, 1.54) is 21.0 Å². The molecule has 2 rings (SSSR count). The highest BCUT2D eigenvalue weighted by atomic mass is 16.7. The van der Waals surface area contributed by atoms with Gasteiger partial charge in [0.05, 0.1) is 7.11 Å². The molecule has 7 heteroatoms. The third kappa shape index (κ3) is 3.31. The number of carbonyl (C=O) groups is 3. The smallest absolute Gasteiger partial charge is 0.333 e. The number of hydrogen-bond acceptors (Lipinski definition) is 6. The van der Waals surface area contributed by atoms with Gasteiger partial charge in [-0.3, -0.25) is 14.4 Å². The molecule has 1 fully saturated rings. The summed E-state index contributed by atoms with van der Waals surface area (Å²) in [6.07, 6.45) is 0. The van der Waals surface area contributed by atoms with Gasteiger partial charge in [0.2, 0.25) is 11.8 Å². The van der Waals surface area contributed by atoms with E-state index in [-0.39, 0.29) is 0 Å². The summed E-state index contributed by atoms with van der Waals surface area (Å²) in [7, 11) is 1.52. The van der Waals surface area contributed by atoms with Crippen molar-refractivity contribution in [2.45, 2.75) is 19.6 Å². The van der Waals surface area contributed by atoms with Gasteiger partial charge in [-0.25, -0.2) is 0 Å². The first kappa shape index (κ1) is 14.8. The SMILES string of the molecule is COc1ccc(NC(=O)C2C(=O)OC(C)(C)OC2=O)cc1. The van der Waals surface area contributed by atoms with Crippen LogP contribution in [0.15, 0.2) is 24.3 Å². The number of methoxy groups -OCH3 is 1. The van der Waals surface area contributed by atoms with Crippen molar-refractivity contribution in [3.05, 3.63) is 24.3 Å². The summed E-state index contributed by atoms with van der Waals surface area (Å²) in [6.45, 7) is 2.83. The van der Waals surface area contributed by atoms with E-state index in [0.29, 0.717) is 11.4 Å². The van der Waals surface area contributed by atoms with E-state index in [4.69, 9.17) is 14.2 Å². The molecule has 1 aromatic carbocycles. The van der Waals surface area contributed by atoms with Gasteiger partial charge in [-0.05, 0) is 24.3 Å². The lowest BCUT2D eigenvalue weighted by atomic mass is 10.1. The predicted molar refractivity (Wildman–Crippen MR) is 71.4 cm³/mol. The van der Waals surface area contributed by atoms with Gasteiger partial charge in [0, 0.05) is 19.5 Å². The van der Waals surface area contributed by atoms with Crippen LogP contribution >= 0.6 is 0 Å². The maximum absolute atomic E-state index is 12.0. The largest absolute Gasteiger partial charge is 0.497 e. The molecule has 21 heavy (non-hydrogen) atoms. The molecule has 1 saturated heterocycles. The van der Waals surface area contributed by atoms with Gasteiger partial charge in [0.25, 0.3) is 5.79 Å². The van der Waals surface area contributed by atoms with Gasteiger partial charge in [-0.1, -0.05) is 0 Å². The Hall–Kier alpha value is -2.57. The van der Waals surface area contributed by atoms with Crippen molar-refractivity contribution in [2.75, 3.05) is 12.4 Å². The molecule has 112 valence electrons. The number of nitrogens with one attached hydrogen (secondary N) is 1. The monoisotopic (exact) mass is 293 g/mol. The van der Waals surface area contributed by atoms with Crippen molar-refractivity contribution in [3.63, 3.8) is 0 Å². The lowest BCUT2D eigenvalue weighted by molar-refractivity contribution is -0.238. The highest BCUT2D eigenvalue weighted by Gasteiger charge is 2.47. The first-order chi connectivity index (χ1) is 9.82. The van der Waals surface area contributed by atoms with E-state index in [1.54, 1.807) is 24.3 Å². The van der Waals surface area contributed by atoms with E-state index in [0.717, 1.165) is 0 Å². The number of hydrogen-bond donors (Lipinski definition) is 1. The second kappa shape index (κ2) is 5.43. The Morgan fingerprint density at radius 1 is 1.14 bits per heavy atom. The predicted octanol–water partition coefficient (Wildman–Crippen LogP) is 1.09. The third-order valence-electron chi connectivity index (χ3n) is 2.78. The van der Waals surface area contributed by atoms with Gasteiger partial charge >= 0.3 is 11.9 Å². The number of carbonyl (C=O) groups excluding carboxylic acids is 3. The molecule has 1 aliphatic heterocycles. The van der Waals surface area contributed by atoms with E-state index >= 15 is 0 Å². The maximum Gasteiger partial charge on any atom is 0.333 e. The molecule has 0 aliphatic carbocycles. The summed E-state index contributed by atoms with van der Waals surface area (Å²) in [6, 6.07) is 6.44. The standard InChI is InChI=1S/C14H15NO6/c1-14(2)20-12(17)10(13(18)21-14)11(16)15-8-4-6-9(19-3)7-5-8/h4-7,10H,1-3H3,(H,15,16). The molecule has 0 spiro atoms. The zero-order chi connectivity index (χ0) is 15.6. The quantitative estimate of drug-likeness (QED) is 0.662. The Morgan fingerprint density at radius 2 is 1.67 bits per heavy atom. The highest BCUT2D eigenvalue weighted by Crippen LogP contribution is 2.24. The van der Waals surface area contributed by atoms with Crippen molar-refractivity contribution in [1.29, 1.82) is 0 Å². The average molecular weight is 293 g/mol. The van der Waals surface area contributed by atoms with E-state index < -0.39 is 29.6 Å². The molecule has 1 heterocycles. The number of benzene rings is 1. The third-order valence-corrected chi connectivity index (χ3v) is 2.78. The second-order valence-electron chi connectivity index (χ2n) is 4.89. The van der Waals surface area contributed by atoms with E-state index in [1.807, 2.05) is 0 Å². The molecule has 0 aromatic heterocycles. The van der Waals surface area contributed by atoms with Crippen LogP contribution < -0.4 is 10.1 Å². The van der Waals surface area contributed by atoms with E-state index in [2.05, 4.69) is 5.32 Å². The molecular formula is C14H15NO6. The fourth-order valence-electron chi connectivity index (χ4n) is 1.82. The molecule has 1 aromatic rings. The van der Waals surface area contributed by atoms with Gasteiger partial charge in [-0.2, -0.15) is 0 Å². The summed E-state index contributed by atoms with van der Waals surface area (Å²) in [5.41, 5.74) is 0.422. The number of anilines is 1. The molecule has 0 atom stereocenters. The van der Waals surface area contributed by atoms with Gasteiger partial charge in [-0.15, -0.1) is 0 Å². The van der Waals surface area contributed by atoms with Crippen LogP contribution in [0.5, 0.6) is 5.75 Å². The van der Waals surface area contributed by atoms with Crippen LogP contribution in [-0.2, 0) is 23.9 Å². The Morgan fingerprint density at radius 3 is 2.14 bits per heavy atom. The van der Waals surface area contributed by atoms with Crippen LogP contribution in [0.25, 0.3) is 0 Å². The molecule has 1 amide bonds. The van der Waals surface area contributed by atoms with Gasteiger partial charge in [0.15, 0.2) is 0 Å². The van der Waals surface area contributed by atoms with Gasteiger partial charge < -0.3 is 19.5 Å². The minimum absolute atomic E-state index is 0.422. The Balaban J connectivity index is 2.09. The average Bonchev–Trinajstić information content (AvgIpc) is 2.37. The Kier molecular flexibility index (Phi) is 3.84. The first-order valence-corrected chi connectivity index (χ1v) is 6.23. The van der Waals surface area contributed by atoms with E-state index in [9.17, 15) is 14.4 Å². The van der Waals surface area contributed by atoms with Crippen molar-refractivity contribution < 1.29 is 28.6 Å². The first-order valence-electron chi connectivity index (χ1n) is 6.23. The number of rotatable bonds is 3. The molecule has 1 N–H and O–H groups in total. The summed E-state index contributed by atoms with van der Waals surface area (Å²) < 4.78 is 14.8. The lowest BCUT2D eigenvalue weighted by Gasteiger charge is -2.32. The highest BCUT2D eigenvalue weighted by molar-refractivity contribution is 6.18. The lowest BCUT2D eigenvalue weighted by Crippen LogP contribution is -2.50. The number of cyclic esters (lactones) is 2. The van der Waals surface area contributed by atoms with Crippen LogP contribution in [-0.4, -0.2) is 30.7 Å². The molecule has 1 aliphatic rings. The molecule has 0 radical (unpaired) electrons. The van der Waals surface area contributed by atoms with Crippen molar-refractivity contribution in [3.8, 4) is 5.75 Å². The summed E-state index contributed by atoms with van der Waals surface area (Å²) in [5, 5.41) is 2.45. The number of esters is 2.